The van der Waals surface area contributed by atoms with E-state index >= 15 is 0 Å². The van der Waals surface area contributed by atoms with Crippen LogP contribution in [0.1, 0.15) is 27.7 Å². The summed E-state index contributed by atoms with van der Waals surface area (Å²) in [6.45, 7) is 8.09. The zero-order valence-corrected chi connectivity index (χ0v) is 17.0. The Labute approximate surface area is 150 Å². The highest BCUT2D eigenvalue weighted by atomic mass is 127. The van der Waals surface area contributed by atoms with Crippen LogP contribution in [0.5, 0.6) is 0 Å². The summed E-state index contributed by atoms with van der Waals surface area (Å²) >= 11 is 0. The number of sulfone groups is 1. The smallest absolute Gasteiger partial charge is 0.239 e. The molecule has 0 unspecified atom stereocenters. The van der Waals surface area contributed by atoms with Crippen LogP contribution in [0.15, 0.2) is 4.99 Å². The molecule has 0 radical (unpaired) electrons. The maximum Gasteiger partial charge on any atom is 0.239 e. The van der Waals surface area contributed by atoms with Crippen molar-refractivity contribution in [1.82, 2.24) is 15.5 Å². The average Bonchev–Trinajstić information content (AvgIpc) is 2.33. The van der Waals surface area contributed by atoms with Crippen LogP contribution in [0.2, 0.25) is 0 Å². The lowest BCUT2D eigenvalue weighted by Crippen LogP contribution is -2.58. The molecule has 0 aromatic heterocycles. The summed E-state index contributed by atoms with van der Waals surface area (Å²) in [6.07, 6.45) is 0. The van der Waals surface area contributed by atoms with Gasteiger partial charge in [-0.2, -0.15) is 0 Å². The van der Waals surface area contributed by atoms with E-state index in [9.17, 15) is 13.2 Å². The molecule has 1 saturated heterocycles. The van der Waals surface area contributed by atoms with Gasteiger partial charge in [-0.25, -0.2) is 8.42 Å². The van der Waals surface area contributed by atoms with E-state index in [2.05, 4.69) is 15.6 Å². The molecule has 1 fully saturated rings. The largest absolute Gasteiger partial charge is 0.352 e. The van der Waals surface area contributed by atoms with Gasteiger partial charge in [0, 0.05) is 26.2 Å². The number of halogens is 1. The second kappa shape index (κ2) is 8.32. The van der Waals surface area contributed by atoms with Gasteiger partial charge in [0.05, 0.1) is 17.0 Å². The Hall–Kier alpha value is -0.580. The summed E-state index contributed by atoms with van der Waals surface area (Å²) in [4.78, 5) is 17.7. The molecule has 2 N–H and O–H groups in total. The minimum Gasteiger partial charge on any atom is -0.352 e. The van der Waals surface area contributed by atoms with Gasteiger partial charge in [-0.3, -0.25) is 9.79 Å². The Morgan fingerprint density at radius 2 is 1.95 bits per heavy atom. The van der Waals surface area contributed by atoms with Crippen molar-refractivity contribution in [2.24, 2.45) is 4.99 Å². The van der Waals surface area contributed by atoms with Crippen LogP contribution in [-0.2, 0) is 14.6 Å². The van der Waals surface area contributed by atoms with E-state index in [1.807, 2.05) is 18.7 Å². The lowest BCUT2D eigenvalue weighted by molar-refractivity contribution is -0.120. The molecule has 1 rings (SSSR count). The normalized spacial score (nSPS) is 20.3. The summed E-state index contributed by atoms with van der Waals surface area (Å²) in [6, 6.07) is 0.0837. The van der Waals surface area contributed by atoms with Gasteiger partial charge in [0.15, 0.2) is 15.8 Å². The molecule has 0 saturated carbocycles. The maximum absolute atomic E-state index is 12.0. The fourth-order valence-corrected chi connectivity index (χ4v) is 3.55. The number of carbonyl (C=O) groups excluding carboxylic acids is 1. The first-order valence-corrected chi connectivity index (χ1v) is 8.71. The van der Waals surface area contributed by atoms with Crippen molar-refractivity contribution in [3.05, 3.63) is 0 Å². The van der Waals surface area contributed by atoms with E-state index in [0.29, 0.717) is 19.0 Å². The predicted molar refractivity (Wildman–Crippen MR) is 99.5 cm³/mol. The number of nitrogens with zero attached hydrogens (tertiary/aromatic N) is 2. The van der Waals surface area contributed by atoms with E-state index in [4.69, 9.17) is 0 Å². The third-order valence-electron chi connectivity index (χ3n) is 3.41. The molecule has 1 heterocycles. The second-order valence-electron chi connectivity index (χ2n) is 6.12. The molecule has 0 spiro atoms. The molecule has 0 bridgehead atoms. The van der Waals surface area contributed by atoms with Gasteiger partial charge < -0.3 is 15.5 Å². The summed E-state index contributed by atoms with van der Waals surface area (Å²) < 4.78 is 23.2. The Kier molecular flexibility index (Phi) is 8.10. The van der Waals surface area contributed by atoms with E-state index in [-0.39, 0.29) is 48.2 Å². The van der Waals surface area contributed by atoms with E-state index in [1.165, 1.54) is 0 Å². The number of rotatable bonds is 3. The summed E-state index contributed by atoms with van der Waals surface area (Å²) in [5.74, 6) is 0.533. The molecule has 0 aromatic carbocycles. The first kappa shape index (κ1) is 21.4. The van der Waals surface area contributed by atoms with Gasteiger partial charge in [-0.1, -0.05) is 0 Å². The number of hydrogen-bond donors (Lipinski definition) is 2. The molecule has 1 amide bonds. The van der Waals surface area contributed by atoms with Crippen molar-refractivity contribution < 1.29 is 13.2 Å². The predicted octanol–water partition coefficient (Wildman–Crippen LogP) is 0.213. The minimum absolute atomic E-state index is 0. The number of amides is 1. The molecule has 0 atom stereocenters. The minimum atomic E-state index is -3.09. The van der Waals surface area contributed by atoms with Crippen molar-refractivity contribution in [2.75, 3.05) is 32.4 Å². The van der Waals surface area contributed by atoms with Gasteiger partial charge in [-0.05, 0) is 27.7 Å². The summed E-state index contributed by atoms with van der Waals surface area (Å²) in [5, 5.41) is 5.76. The van der Waals surface area contributed by atoms with Gasteiger partial charge in [-0.15, -0.1) is 24.0 Å². The Bertz CT molecular complexity index is 517. The zero-order valence-electron chi connectivity index (χ0n) is 13.8. The molecule has 1 aliphatic rings. The number of carbonyl (C=O) groups is 1. The second-order valence-corrected chi connectivity index (χ2v) is 8.87. The third kappa shape index (κ3) is 5.56. The lowest BCUT2D eigenvalue weighted by atomic mass is 10.2. The molecule has 22 heavy (non-hydrogen) atoms. The molecule has 0 aliphatic carbocycles. The quantitative estimate of drug-likeness (QED) is 0.368. The molecule has 130 valence electrons. The fraction of sp³-hybridized carbons (Fsp3) is 0.846. The lowest BCUT2D eigenvalue weighted by Gasteiger charge is -2.39. The topological polar surface area (TPSA) is 90.9 Å². The zero-order chi connectivity index (χ0) is 16.3. The van der Waals surface area contributed by atoms with Crippen molar-refractivity contribution in [3.63, 3.8) is 0 Å². The van der Waals surface area contributed by atoms with Crippen LogP contribution < -0.4 is 10.6 Å². The summed E-state index contributed by atoms with van der Waals surface area (Å²) in [5.41, 5.74) is 0. The maximum atomic E-state index is 12.0. The molecule has 9 heteroatoms. The Morgan fingerprint density at radius 1 is 1.36 bits per heavy atom. The number of nitrogens with one attached hydrogen (secondary N) is 2. The number of aliphatic imine (C=N–C) groups is 1. The highest BCUT2D eigenvalue weighted by Crippen LogP contribution is 2.23. The standard InChI is InChI=1S/C13H26N4O3S.HI/c1-10(2)16-11(18)8-15-12(14-5)17-6-7-21(19,20)13(3,4)9-17;/h10H,6-9H2,1-5H3,(H,14,15)(H,16,18);1H. The Balaban J connectivity index is 0.00000441. The fourth-order valence-electron chi connectivity index (χ4n) is 2.19. The van der Waals surface area contributed by atoms with Gasteiger partial charge in [0.2, 0.25) is 5.91 Å². The van der Waals surface area contributed by atoms with Gasteiger partial charge >= 0.3 is 0 Å². The van der Waals surface area contributed by atoms with Crippen molar-refractivity contribution in [3.8, 4) is 0 Å². The van der Waals surface area contributed by atoms with E-state index in [1.54, 1.807) is 20.9 Å². The first-order valence-electron chi connectivity index (χ1n) is 7.06. The molecule has 0 aromatic rings. The van der Waals surface area contributed by atoms with Crippen LogP contribution in [0, 0.1) is 0 Å². The molecule has 1 aliphatic heterocycles. The van der Waals surface area contributed by atoms with Crippen molar-refractivity contribution in [1.29, 1.82) is 0 Å². The summed E-state index contributed by atoms with van der Waals surface area (Å²) in [7, 11) is -1.46. The molecule has 7 nitrogen and oxygen atoms in total. The van der Waals surface area contributed by atoms with Crippen molar-refractivity contribution in [2.45, 2.75) is 38.5 Å². The number of guanidine groups is 1. The first-order chi connectivity index (χ1) is 9.59. The molecular formula is C13H27IN4O3S. The van der Waals surface area contributed by atoms with Crippen LogP contribution in [0.4, 0.5) is 0 Å². The number of hydrogen-bond acceptors (Lipinski definition) is 4. The average molecular weight is 446 g/mol. The van der Waals surface area contributed by atoms with Gasteiger partial charge in [0.25, 0.3) is 0 Å². The SMILES string of the molecule is CN=C(NCC(=O)NC(C)C)N1CCS(=O)(=O)C(C)(C)C1.I. The van der Waals surface area contributed by atoms with Crippen LogP contribution in [0.3, 0.4) is 0 Å². The third-order valence-corrected chi connectivity index (χ3v) is 5.94. The van der Waals surface area contributed by atoms with Crippen LogP contribution >= 0.6 is 24.0 Å². The molecular weight excluding hydrogens is 419 g/mol. The van der Waals surface area contributed by atoms with Crippen LogP contribution in [-0.4, -0.2) is 68.4 Å². The highest BCUT2D eigenvalue weighted by Gasteiger charge is 2.40. The van der Waals surface area contributed by atoms with Crippen LogP contribution in [0.25, 0.3) is 0 Å². The van der Waals surface area contributed by atoms with Gasteiger partial charge in [0.1, 0.15) is 0 Å². The van der Waals surface area contributed by atoms with E-state index < -0.39 is 14.6 Å². The monoisotopic (exact) mass is 446 g/mol. The Morgan fingerprint density at radius 3 is 2.41 bits per heavy atom. The van der Waals surface area contributed by atoms with E-state index in [0.717, 1.165) is 0 Å². The van der Waals surface area contributed by atoms with Crippen molar-refractivity contribution >= 4 is 45.7 Å². The highest BCUT2D eigenvalue weighted by molar-refractivity contribution is 14.0.